The van der Waals surface area contributed by atoms with Gasteiger partial charge in [-0.2, -0.15) is 0 Å². The Morgan fingerprint density at radius 1 is 1.40 bits per heavy atom. The van der Waals surface area contributed by atoms with Gasteiger partial charge in [0.15, 0.2) is 0 Å². The molecule has 20 heavy (non-hydrogen) atoms. The van der Waals surface area contributed by atoms with Crippen LogP contribution in [0, 0.1) is 0 Å². The van der Waals surface area contributed by atoms with E-state index in [1.54, 1.807) is 20.8 Å². The van der Waals surface area contributed by atoms with Crippen molar-refractivity contribution in [3.8, 4) is 0 Å². The molecule has 1 saturated heterocycles. The van der Waals surface area contributed by atoms with Crippen molar-refractivity contribution in [2.75, 3.05) is 13.2 Å². The highest BCUT2D eigenvalue weighted by Gasteiger charge is 2.50. The molecule has 1 aliphatic rings. The standard InChI is InChI=1S/C15H21NO4/c1-4-19-14(18)16-12(10-17)13(20-15(16,2)3)11-8-6-5-7-9-11/h5-9,12-13,17H,4,10H2,1-3H3. The fourth-order valence-corrected chi connectivity index (χ4v) is 2.64. The van der Waals surface area contributed by atoms with E-state index in [2.05, 4.69) is 0 Å². The fourth-order valence-electron chi connectivity index (χ4n) is 2.64. The molecule has 5 nitrogen and oxygen atoms in total. The van der Waals surface area contributed by atoms with E-state index in [-0.39, 0.29) is 12.7 Å². The summed E-state index contributed by atoms with van der Waals surface area (Å²) in [6.07, 6.45) is -0.824. The van der Waals surface area contributed by atoms with Crippen LogP contribution in [0.1, 0.15) is 32.4 Å². The topological polar surface area (TPSA) is 59.0 Å². The second kappa shape index (κ2) is 5.81. The third-order valence-corrected chi connectivity index (χ3v) is 3.46. The number of nitrogens with zero attached hydrogens (tertiary/aromatic N) is 1. The minimum absolute atomic E-state index is 0.179. The number of benzene rings is 1. The summed E-state index contributed by atoms with van der Waals surface area (Å²) in [5.74, 6) is 0. The SMILES string of the molecule is CCOC(=O)N1C(CO)C(c2ccccc2)OC1(C)C. The Morgan fingerprint density at radius 2 is 2.05 bits per heavy atom. The van der Waals surface area contributed by atoms with Crippen LogP contribution < -0.4 is 0 Å². The second-order valence-corrected chi connectivity index (χ2v) is 5.21. The predicted octanol–water partition coefficient (Wildman–Crippen LogP) is 2.31. The van der Waals surface area contributed by atoms with Crippen molar-refractivity contribution in [3.05, 3.63) is 35.9 Å². The summed E-state index contributed by atoms with van der Waals surface area (Å²) < 4.78 is 11.1. The first kappa shape index (κ1) is 14.8. The number of ether oxygens (including phenoxy) is 2. The number of carbonyl (C=O) groups excluding carboxylic acids is 1. The van der Waals surface area contributed by atoms with Gasteiger partial charge in [-0.1, -0.05) is 30.3 Å². The van der Waals surface area contributed by atoms with Gasteiger partial charge in [-0.3, -0.25) is 4.90 Å². The largest absolute Gasteiger partial charge is 0.450 e. The summed E-state index contributed by atoms with van der Waals surface area (Å²) >= 11 is 0. The zero-order valence-electron chi connectivity index (χ0n) is 12.1. The Morgan fingerprint density at radius 3 is 2.60 bits per heavy atom. The van der Waals surface area contributed by atoms with E-state index in [1.165, 1.54) is 4.90 Å². The molecule has 2 unspecified atom stereocenters. The van der Waals surface area contributed by atoms with Crippen LogP contribution in [0.25, 0.3) is 0 Å². The molecule has 1 amide bonds. The van der Waals surface area contributed by atoms with Gasteiger partial charge in [-0.25, -0.2) is 4.79 Å². The summed E-state index contributed by atoms with van der Waals surface area (Å²) in [6.45, 7) is 5.47. The molecule has 1 fully saturated rings. The maximum absolute atomic E-state index is 12.1. The van der Waals surface area contributed by atoms with Gasteiger partial charge >= 0.3 is 6.09 Å². The maximum atomic E-state index is 12.1. The van der Waals surface area contributed by atoms with E-state index < -0.39 is 17.9 Å². The van der Waals surface area contributed by atoms with Gasteiger partial charge in [0.2, 0.25) is 0 Å². The normalized spacial score (nSPS) is 24.7. The van der Waals surface area contributed by atoms with Crippen molar-refractivity contribution < 1.29 is 19.4 Å². The van der Waals surface area contributed by atoms with Gasteiger partial charge in [0.1, 0.15) is 11.8 Å². The lowest BCUT2D eigenvalue weighted by molar-refractivity contribution is -0.0708. The van der Waals surface area contributed by atoms with Crippen molar-refractivity contribution in [3.63, 3.8) is 0 Å². The lowest BCUT2D eigenvalue weighted by Gasteiger charge is -2.31. The lowest BCUT2D eigenvalue weighted by atomic mass is 10.0. The molecule has 2 rings (SSSR count). The van der Waals surface area contributed by atoms with Gasteiger partial charge in [-0.15, -0.1) is 0 Å². The molecular formula is C15H21NO4. The summed E-state index contributed by atoms with van der Waals surface area (Å²) in [7, 11) is 0. The molecule has 0 aromatic heterocycles. The molecule has 1 heterocycles. The molecule has 0 radical (unpaired) electrons. The van der Waals surface area contributed by atoms with Crippen molar-refractivity contribution in [2.45, 2.75) is 38.6 Å². The number of aliphatic hydroxyl groups excluding tert-OH is 1. The molecular weight excluding hydrogens is 258 g/mol. The van der Waals surface area contributed by atoms with E-state index in [9.17, 15) is 9.90 Å². The van der Waals surface area contributed by atoms with Crippen LogP contribution in [0.15, 0.2) is 30.3 Å². The second-order valence-electron chi connectivity index (χ2n) is 5.21. The van der Waals surface area contributed by atoms with Crippen molar-refractivity contribution in [1.29, 1.82) is 0 Å². The highest BCUT2D eigenvalue weighted by molar-refractivity contribution is 5.69. The third-order valence-electron chi connectivity index (χ3n) is 3.46. The Kier molecular flexibility index (Phi) is 4.30. The zero-order chi connectivity index (χ0) is 14.8. The Hall–Kier alpha value is -1.59. The average Bonchev–Trinajstić information content (AvgIpc) is 2.71. The lowest BCUT2D eigenvalue weighted by Crippen LogP contribution is -2.49. The van der Waals surface area contributed by atoms with Crippen LogP contribution in [0.3, 0.4) is 0 Å². The number of hydrogen-bond acceptors (Lipinski definition) is 4. The van der Waals surface area contributed by atoms with Gasteiger partial charge in [0, 0.05) is 0 Å². The Balaban J connectivity index is 2.32. The monoisotopic (exact) mass is 279 g/mol. The molecule has 0 spiro atoms. The predicted molar refractivity (Wildman–Crippen MR) is 74.1 cm³/mol. The molecule has 1 aliphatic heterocycles. The summed E-state index contributed by atoms with van der Waals surface area (Å²) in [6, 6.07) is 9.14. The number of amides is 1. The molecule has 110 valence electrons. The van der Waals surface area contributed by atoms with E-state index in [0.717, 1.165) is 5.56 Å². The molecule has 0 aliphatic carbocycles. The minimum atomic E-state index is -0.819. The van der Waals surface area contributed by atoms with Gasteiger partial charge < -0.3 is 14.6 Å². The summed E-state index contributed by atoms with van der Waals surface area (Å²) in [5.41, 5.74) is 0.117. The first-order valence-electron chi connectivity index (χ1n) is 6.81. The van der Waals surface area contributed by atoms with Crippen LogP contribution in [-0.4, -0.2) is 41.1 Å². The molecule has 1 aromatic rings. The summed E-state index contributed by atoms with van der Waals surface area (Å²) in [4.78, 5) is 13.6. The fraction of sp³-hybridized carbons (Fsp3) is 0.533. The van der Waals surface area contributed by atoms with Crippen LogP contribution in [0.5, 0.6) is 0 Å². The van der Waals surface area contributed by atoms with Crippen molar-refractivity contribution in [1.82, 2.24) is 4.90 Å². The van der Waals surface area contributed by atoms with E-state index in [0.29, 0.717) is 6.61 Å². The molecule has 0 bridgehead atoms. The quantitative estimate of drug-likeness (QED) is 0.922. The van der Waals surface area contributed by atoms with E-state index in [4.69, 9.17) is 9.47 Å². The van der Waals surface area contributed by atoms with E-state index in [1.807, 2.05) is 30.3 Å². The van der Waals surface area contributed by atoms with Gasteiger partial charge in [0.25, 0.3) is 0 Å². The third kappa shape index (κ3) is 2.64. The zero-order valence-corrected chi connectivity index (χ0v) is 12.1. The smallest absolute Gasteiger partial charge is 0.412 e. The number of aliphatic hydroxyl groups is 1. The van der Waals surface area contributed by atoms with Crippen LogP contribution in [0.4, 0.5) is 4.79 Å². The molecule has 2 atom stereocenters. The minimum Gasteiger partial charge on any atom is -0.450 e. The van der Waals surface area contributed by atoms with Crippen LogP contribution in [0.2, 0.25) is 0 Å². The first-order valence-corrected chi connectivity index (χ1v) is 6.81. The van der Waals surface area contributed by atoms with Crippen molar-refractivity contribution in [2.24, 2.45) is 0 Å². The average molecular weight is 279 g/mol. The highest BCUT2D eigenvalue weighted by atomic mass is 16.6. The molecule has 5 heteroatoms. The van der Waals surface area contributed by atoms with Gasteiger partial charge in [-0.05, 0) is 26.3 Å². The number of rotatable bonds is 3. The van der Waals surface area contributed by atoms with Crippen LogP contribution in [-0.2, 0) is 9.47 Å². The number of hydrogen-bond donors (Lipinski definition) is 1. The Bertz CT molecular complexity index is 460. The summed E-state index contributed by atoms with van der Waals surface area (Å²) in [5, 5.41) is 9.69. The van der Waals surface area contributed by atoms with Crippen molar-refractivity contribution >= 4 is 6.09 Å². The maximum Gasteiger partial charge on any atom is 0.412 e. The van der Waals surface area contributed by atoms with E-state index >= 15 is 0 Å². The molecule has 1 aromatic carbocycles. The Labute approximate surface area is 119 Å². The molecule has 0 saturated carbocycles. The first-order chi connectivity index (χ1) is 9.51. The highest BCUT2D eigenvalue weighted by Crippen LogP contribution is 2.40. The molecule has 1 N–H and O–H groups in total. The van der Waals surface area contributed by atoms with Gasteiger partial charge in [0.05, 0.1) is 19.3 Å². The van der Waals surface area contributed by atoms with Crippen LogP contribution >= 0.6 is 0 Å². The number of carbonyl (C=O) groups is 1.